The molecule has 3 N–H and O–H groups in total. The topological polar surface area (TPSA) is 64.3 Å². The maximum atomic E-state index is 11.5. The van der Waals surface area contributed by atoms with E-state index in [-0.39, 0.29) is 11.9 Å². The lowest BCUT2D eigenvalue weighted by Gasteiger charge is -2.18. The lowest BCUT2D eigenvalue weighted by atomic mass is 10.0. The summed E-state index contributed by atoms with van der Waals surface area (Å²) in [5, 5.41) is 2.90. The number of ether oxygens (including phenoxy) is 1. The number of carbonyl (C=O) groups excluding carboxylic acids is 1. The summed E-state index contributed by atoms with van der Waals surface area (Å²) >= 11 is 0. The monoisotopic (exact) mass is 216 g/mol. The number of amides is 1. The zero-order chi connectivity index (χ0) is 11.8. The fraction of sp³-hybridized carbons (Fsp3) is 0.909. The summed E-state index contributed by atoms with van der Waals surface area (Å²) in [6.07, 6.45) is 1.54. The van der Waals surface area contributed by atoms with Crippen molar-refractivity contribution in [2.24, 2.45) is 11.7 Å². The van der Waals surface area contributed by atoms with Gasteiger partial charge in [-0.3, -0.25) is 4.79 Å². The fourth-order valence-corrected chi connectivity index (χ4v) is 1.49. The van der Waals surface area contributed by atoms with Gasteiger partial charge in [-0.15, -0.1) is 0 Å². The lowest BCUT2D eigenvalue weighted by molar-refractivity contribution is -0.123. The van der Waals surface area contributed by atoms with E-state index in [1.807, 2.05) is 6.92 Å². The second kappa shape index (κ2) is 7.65. The highest BCUT2D eigenvalue weighted by Gasteiger charge is 2.15. The number of carbonyl (C=O) groups is 1. The molecule has 0 spiro atoms. The van der Waals surface area contributed by atoms with Crippen LogP contribution in [0.1, 0.15) is 33.6 Å². The molecular formula is C11H24N2O2. The molecule has 0 saturated carbocycles. The Bertz CT molecular complexity index is 183. The number of nitrogens with two attached hydrogens (primary N) is 1. The van der Waals surface area contributed by atoms with Gasteiger partial charge < -0.3 is 15.8 Å². The first kappa shape index (κ1) is 14.4. The van der Waals surface area contributed by atoms with E-state index in [2.05, 4.69) is 19.2 Å². The Morgan fingerprint density at radius 1 is 1.40 bits per heavy atom. The molecule has 4 nitrogen and oxygen atoms in total. The minimum absolute atomic E-state index is 0.0831. The van der Waals surface area contributed by atoms with Gasteiger partial charge in [0.15, 0.2) is 0 Å². The van der Waals surface area contributed by atoms with Gasteiger partial charge >= 0.3 is 0 Å². The van der Waals surface area contributed by atoms with Gasteiger partial charge in [0.25, 0.3) is 0 Å². The largest absolute Gasteiger partial charge is 0.385 e. The van der Waals surface area contributed by atoms with Crippen LogP contribution < -0.4 is 11.1 Å². The highest BCUT2D eigenvalue weighted by atomic mass is 16.5. The molecule has 0 bridgehead atoms. The maximum absolute atomic E-state index is 11.5. The Hall–Kier alpha value is -0.610. The minimum Gasteiger partial charge on any atom is -0.385 e. The summed E-state index contributed by atoms with van der Waals surface area (Å²) in [6, 6.07) is -0.273. The second-order valence-corrected chi connectivity index (χ2v) is 4.43. The van der Waals surface area contributed by atoms with Crippen LogP contribution in [0.5, 0.6) is 0 Å². The van der Waals surface area contributed by atoms with Crippen LogP contribution in [0.3, 0.4) is 0 Å². The molecule has 0 saturated heterocycles. The van der Waals surface area contributed by atoms with Gasteiger partial charge in [-0.25, -0.2) is 0 Å². The number of rotatable bonds is 7. The molecule has 0 aromatic carbocycles. The Morgan fingerprint density at radius 3 is 2.47 bits per heavy atom. The van der Waals surface area contributed by atoms with E-state index < -0.39 is 6.04 Å². The lowest BCUT2D eigenvalue weighted by Crippen LogP contribution is -2.45. The molecule has 1 amide bonds. The molecule has 0 aliphatic rings. The summed E-state index contributed by atoms with van der Waals surface area (Å²) in [6.45, 7) is 6.79. The molecule has 0 aliphatic heterocycles. The van der Waals surface area contributed by atoms with Gasteiger partial charge in [-0.1, -0.05) is 13.8 Å². The van der Waals surface area contributed by atoms with E-state index in [1.165, 1.54) is 0 Å². The first-order valence-corrected chi connectivity index (χ1v) is 5.52. The normalized spacial score (nSPS) is 15.1. The first-order chi connectivity index (χ1) is 6.97. The molecule has 0 aliphatic carbocycles. The average Bonchev–Trinajstić information content (AvgIpc) is 2.12. The molecule has 2 unspecified atom stereocenters. The Morgan fingerprint density at radius 2 is 2.00 bits per heavy atom. The Kier molecular flexibility index (Phi) is 7.34. The van der Waals surface area contributed by atoms with Crippen molar-refractivity contribution in [3.63, 3.8) is 0 Å². The highest BCUT2D eigenvalue weighted by Crippen LogP contribution is 2.04. The maximum Gasteiger partial charge on any atom is 0.237 e. The highest BCUT2D eigenvalue weighted by molar-refractivity contribution is 5.81. The summed E-state index contributed by atoms with van der Waals surface area (Å²) in [7, 11) is 1.60. The van der Waals surface area contributed by atoms with E-state index in [1.54, 1.807) is 7.11 Å². The number of hydrogen-bond acceptors (Lipinski definition) is 3. The predicted octanol–water partition coefficient (Wildman–Crippen LogP) is 0.901. The van der Waals surface area contributed by atoms with Crippen LogP contribution in [0.2, 0.25) is 0 Å². The smallest absolute Gasteiger partial charge is 0.237 e. The Labute approximate surface area is 92.6 Å². The van der Waals surface area contributed by atoms with Crippen LogP contribution in [-0.2, 0) is 9.53 Å². The van der Waals surface area contributed by atoms with Crippen LogP contribution in [0, 0.1) is 5.92 Å². The van der Waals surface area contributed by atoms with E-state index in [4.69, 9.17) is 10.5 Å². The van der Waals surface area contributed by atoms with E-state index in [0.29, 0.717) is 18.9 Å². The van der Waals surface area contributed by atoms with Crippen molar-refractivity contribution in [1.82, 2.24) is 5.32 Å². The molecule has 0 rings (SSSR count). The number of hydrogen-bond donors (Lipinski definition) is 2. The van der Waals surface area contributed by atoms with Crippen LogP contribution in [0.4, 0.5) is 0 Å². The van der Waals surface area contributed by atoms with Gasteiger partial charge in [-0.2, -0.15) is 0 Å². The summed E-state index contributed by atoms with van der Waals surface area (Å²) in [5.74, 6) is 0.496. The van der Waals surface area contributed by atoms with Crippen LogP contribution in [0.25, 0.3) is 0 Å². The summed E-state index contributed by atoms with van der Waals surface area (Å²) < 4.78 is 4.87. The minimum atomic E-state index is -0.459. The molecule has 0 radical (unpaired) electrons. The molecule has 15 heavy (non-hydrogen) atoms. The van der Waals surface area contributed by atoms with E-state index >= 15 is 0 Å². The third kappa shape index (κ3) is 7.33. The number of nitrogens with one attached hydrogen (secondary N) is 1. The van der Waals surface area contributed by atoms with E-state index in [9.17, 15) is 4.79 Å². The molecule has 90 valence electrons. The van der Waals surface area contributed by atoms with Gasteiger partial charge in [0.2, 0.25) is 5.91 Å². The van der Waals surface area contributed by atoms with Gasteiger partial charge in [-0.05, 0) is 25.7 Å². The zero-order valence-electron chi connectivity index (χ0n) is 10.2. The molecule has 0 fully saturated rings. The standard InChI is InChI=1S/C11H24N2O2/c1-8(2)7-9(3)13-11(14)10(12)5-6-15-4/h8-10H,5-7,12H2,1-4H3,(H,13,14). The summed E-state index contributed by atoms with van der Waals surface area (Å²) in [4.78, 5) is 11.5. The van der Waals surface area contributed by atoms with Crippen molar-refractivity contribution >= 4 is 5.91 Å². The van der Waals surface area contributed by atoms with Gasteiger partial charge in [0.05, 0.1) is 6.04 Å². The van der Waals surface area contributed by atoms with Gasteiger partial charge in [0, 0.05) is 19.8 Å². The fourth-order valence-electron chi connectivity index (χ4n) is 1.49. The van der Waals surface area contributed by atoms with Crippen molar-refractivity contribution < 1.29 is 9.53 Å². The average molecular weight is 216 g/mol. The van der Waals surface area contributed by atoms with Crippen molar-refractivity contribution in [2.45, 2.75) is 45.7 Å². The molecule has 0 aromatic heterocycles. The van der Waals surface area contributed by atoms with E-state index in [0.717, 1.165) is 6.42 Å². The van der Waals surface area contributed by atoms with Gasteiger partial charge in [0.1, 0.15) is 0 Å². The second-order valence-electron chi connectivity index (χ2n) is 4.43. The Balaban J connectivity index is 3.80. The van der Waals surface area contributed by atoms with Crippen molar-refractivity contribution in [3.05, 3.63) is 0 Å². The number of methoxy groups -OCH3 is 1. The molecule has 0 heterocycles. The SMILES string of the molecule is COCCC(N)C(=O)NC(C)CC(C)C. The molecular weight excluding hydrogens is 192 g/mol. The van der Waals surface area contributed by atoms with Crippen molar-refractivity contribution in [1.29, 1.82) is 0 Å². The van der Waals surface area contributed by atoms with Crippen LogP contribution >= 0.6 is 0 Å². The molecule has 4 heteroatoms. The molecule has 0 aromatic rings. The quantitative estimate of drug-likeness (QED) is 0.664. The van der Waals surface area contributed by atoms with Crippen molar-refractivity contribution in [3.8, 4) is 0 Å². The zero-order valence-corrected chi connectivity index (χ0v) is 10.2. The van der Waals surface area contributed by atoms with Crippen LogP contribution in [-0.4, -0.2) is 31.7 Å². The first-order valence-electron chi connectivity index (χ1n) is 5.52. The van der Waals surface area contributed by atoms with Crippen molar-refractivity contribution in [2.75, 3.05) is 13.7 Å². The summed E-state index contributed by atoms with van der Waals surface area (Å²) in [5.41, 5.74) is 5.69. The van der Waals surface area contributed by atoms with Crippen LogP contribution in [0.15, 0.2) is 0 Å². The molecule has 2 atom stereocenters. The third-order valence-electron chi connectivity index (χ3n) is 2.18. The predicted molar refractivity (Wildman–Crippen MR) is 61.5 cm³/mol. The third-order valence-corrected chi connectivity index (χ3v) is 2.18.